The SMILES string of the molecule is CCCn1nc(C)c(CNc2nccc(N3CCC(O)C3)n2)c1C. The summed E-state index contributed by atoms with van der Waals surface area (Å²) in [5.74, 6) is 1.47. The smallest absolute Gasteiger partial charge is 0.224 e. The number of aromatic nitrogens is 4. The van der Waals surface area contributed by atoms with Gasteiger partial charge in [-0.3, -0.25) is 4.68 Å². The van der Waals surface area contributed by atoms with Crippen LogP contribution in [0.15, 0.2) is 12.3 Å². The predicted octanol–water partition coefficient (Wildman–Crippen LogP) is 1.88. The molecule has 0 bridgehead atoms. The lowest BCUT2D eigenvalue weighted by molar-refractivity contribution is 0.198. The van der Waals surface area contributed by atoms with Crippen LogP contribution in [0.3, 0.4) is 0 Å². The molecule has 2 aromatic rings. The fourth-order valence-electron chi connectivity index (χ4n) is 3.15. The van der Waals surface area contributed by atoms with Crippen molar-refractivity contribution in [1.82, 2.24) is 19.7 Å². The first-order valence-corrected chi connectivity index (χ1v) is 8.61. The lowest BCUT2D eigenvalue weighted by atomic mass is 10.2. The summed E-state index contributed by atoms with van der Waals surface area (Å²) in [5.41, 5.74) is 3.45. The molecule has 2 aromatic heterocycles. The van der Waals surface area contributed by atoms with E-state index in [1.807, 2.05) is 13.0 Å². The zero-order valence-corrected chi connectivity index (χ0v) is 14.7. The normalized spacial score (nSPS) is 17.5. The number of hydrogen-bond acceptors (Lipinski definition) is 6. The molecule has 0 aliphatic carbocycles. The molecule has 2 N–H and O–H groups in total. The van der Waals surface area contributed by atoms with Crippen molar-refractivity contribution in [1.29, 1.82) is 0 Å². The van der Waals surface area contributed by atoms with Crippen molar-refractivity contribution in [2.45, 2.75) is 52.8 Å². The number of hydrogen-bond donors (Lipinski definition) is 2. The highest BCUT2D eigenvalue weighted by Gasteiger charge is 2.21. The van der Waals surface area contributed by atoms with Gasteiger partial charge in [-0.15, -0.1) is 0 Å². The van der Waals surface area contributed by atoms with E-state index in [2.05, 4.69) is 43.8 Å². The molecule has 3 heterocycles. The van der Waals surface area contributed by atoms with Gasteiger partial charge in [-0.25, -0.2) is 4.98 Å². The highest BCUT2D eigenvalue weighted by atomic mass is 16.3. The minimum absolute atomic E-state index is 0.258. The highest BCUT2D eigenvalue weighted by molar-refractivity contribution is 5.44. The largest absolute Gasteiger partial charge is 0.391 e. The summed E-state index contributed by atoms with van der Waals surface area (Å²) >= 11 is 0. The van der Waals surface area contributed by atoms with Gasteiger partial charge in [-0.05, 0) is 32.8 Å². The molecular weight excluding hydrogens is 304 g/mol. The van der Waals surface area contributed by atoms with Gasteiger partial charge < -0.3 is 15.3 Å². The molecule has 0 aromatic carbocycles. The number of anilines is 2. The van der Waals surface area contributed by atoms with E-state index in [4.69, 9.17) is 0 Å². The Morgan fingerprint density at radius 3 is 2.92 bits per heavy atom. The molecule has 1 aliphatic heterocycles. The molecule has 1 unspecified atom stereocenters. The Labute approximate surface area is 142 Å². The Hall–Kier alpha value is -2.15. The average Bonchev–Trinajstić information content (AvgIpc) is 3.11. The van der Waals surface area contributed by atoms with Gasteiger partial charge in [0, 0.05) is 43.6 Å². The van der Waals surface area contributed by atoms with Crippen LogP contribution in [0.2, 0.25) is 0 Å². The van der Waals surface area contributed by atoms with Crippen molar-refractivity contribution >= 4 is 11.8 Å². The minimum Gasteiger partial charge on any atom is -0.391 e. The standard InChI is InChI=1S/C17H26N6O/c1-4-8-23-13(3)15(12(2)21-23)10-19-17-18-7-5-16(20-17)22-9-6-14(24)11-22/h5,7,14,24H,4,6,8-11H2,1-3H3,(H,18,19,20). The van der Waals surface area contributed by atoms with E-state index in [0.29, 0.717) is 19.0 Å². The second-order valence-electron chi connectivity index (χ2n) is 6.35. The Morgan fingerprint density at radius 2 is 2.21 bits per heavy atom. The van der Waals surface area contributed by atoms with E-state index in [-0.39, 0.29) is 6.10 Å². The van der Waals surface area contributed by atoms with E-state index in [1.165, 1.54) is 11.3 Å². The first kappa shape index (κ1) is 16.7. The third-order valence-electron chi connectivity index (χ3n) is 4.52. The molecule has 0 amide bonds. The van der Waals surface area contributed by atoms with Gasteiger partial charge >= 0.3 is 0 Å². The maximum absolute atomic E-state index is 9.68. The molecule has 24 heavy (non-hydrogen) atoms. The minimum atomic E-state index is -0.258. The lowest BCUT2D eigenvalue weighted by Gasteiger charge is -2.17. The Balaban J connectivity index is 1.69. The topological polar surface area (TPSA) is 79.1 Å². The van der Waals surface area contributed by atoms with Crippen molar-refractivity contribution in [3.8, 4) is 0 Å². The molecule has 1 saturated heterocycles. The number of aryl methyl sites for hydroxylation is 2. The zero-order chi connectivity index (χ0) is 17.1. The van der Waals surface area contributed by atoms with Gasteiger partial charge in [0.2, 0.25) is 5.95 Å². The molecule has 7 nitrogen and oxygen atoms in total. The zero-order valence-electron chi connectivity index (χ0n) is 14.7. The molecule has 130 valence electrons. The quantitative estimate of drug-likeness (QED) is 0.842. The Bertz CT molecular complexity index is 698. The summed E-state index contributed by atoms with van der Waals surface area (Å²) in [5, 5.41) is 17.6. The van der Waals surface area contributed by atoms with Crippen molar-refractivity contribution in [2.75, 3.05) is 23.3 Å². The van der Waals surface area contributed by atoms with E-state index >= 15 is 0 Å². The third-order valence-corrected chi connectivity index (χ3v) is 4.52. The van der Waals surface area contributed by atoms with Gasteiger partial charge in [0.15, 0.2) is 0 Å². The monoisotopic (exact) mass is 330 g/mol. The third kappa shape index (κ3) is 3.51. The molecular formula is C17H26N6O. The van der Waals surface area contributed by atoms with Crippen molar-refractivity contribution in [3.63, 3.8) is 0 Å². The Kier molecular flexibility index (Phi) is 4.99. The van der Waals surface area contributed by atoms with E-state index in [0.717, 1.165) is 37.4 Å². The van der Waals surface area contributed by atoms with E-state index in [1.54, 1.807) is 6.20 Å². The maximum atomic E-state index is 9.68. The van der Waals surface area contributed by atoms with E-state index < -0.39 is 0 Å². The molecule has 0 radical (unpaired) electrons. The predicted molar refractivity (Wildman–Crippen MR) is 94.2 cm³/mol. The molecule has 0 spiro atoms. The second-order valence-corrected chi connectivity index (χ2v) is 6.35. The summed E-state index contributed by atoms with van der Waals surface area (Å²) in [6.45, 7) is 9.37. The van der Waals surface area contributed by atoms with Crippen molar-refractivity contribution < 1.29 is 5.11 Å². The first-order chi connectivity index (χ1) is 11.6. The summed E-state index contributed by atoms with van der Waals surface area (Å²) in [4.78, 5) is 11.0. The molecule has 7 heteroatoms. The second kappa shape index (κ2) is 7.17. The molecule has 0 saturated carbocycles. The number of rotatable bonds is 6. The molecule has 3 rings (SSSR count). The maximum Gasteiger partial charge on any atom is 0.224 e. The van der Waals surface area contributed by atoms with Crippen LogP contribution in [-0.4, -0.2) is 44.0 Å². The van der Waals surface area contributed by atoms with Crippen molar-refractivity contribution in [2.24, 2.45) is 0 Å². The first-order valence-electron chi connectivity index (χ1n) is 8.61. The lowest BCUT2D eigenvalue weighted by Crippen LogP contribution is -2.22. The van der Waals surface area contributed by atoms with Crippen LogP contribution in [0.4, 0.5) is 11.8 Å². The van der Waals surface area contributed by atoms with Gasteiger partial charge in [0.05, 0.1) is 11.8 Å². The van der Waals surface area contributed by atoms with Crippen LogP contribution >= 0.6 is 0 Å². The number of aliphatic hydroxyl groups excluding tert-OH is 1. The number of β-amino-alcohol motifs (C(OH)–C–C–N with tert-alkyl or cyclic N) is 1. The van der Waals surface area contributed by atoms with Crippen LogP contribution in [0.5, 0.6) is 0 Å². The molecule has 1 atom stereocenters. The summed E-state index contributed by atoms with van der Waals surface area (Å²) < 4.78 is 2.06. The number of aliphatic hydroxyl groups is 1. The van der Waals surface area contributed by atoms with Crippen LogP contribution in [0, 0.1) is 13.8 Å². The van der Waals surface area contributed by atoms with Crippen LogP contribution in [0.1, 0.15) is 36.7 Å². The summed E-state index contributed by atoms with van der Waals surface area (Å²) in [6.07, 6.45) is 3.37. The van der Waals surface area contributed by atoms with Gasteiger partial charge in [-0.1, -0.05) is 6.92 Å². The van der Waals surface area contributed by atoms with Crippen LogP contribution in [0.25, 0.3) is 0 Å². The number of nitrogens with one attached hydrogen (secondary N) is 1. The Morgan fingerprint density at radius 1 is 1.38 bits per heavy atom. The molecule has 1 aliphatic rings. The summed E-state index contributed by atoms with van der Waals surface area (Å²) in [7, 11) is 0. The molecule has 1 fully saturated rings. The van der Waals surface area contributed by atoms with Crippen molar-refractivity contribution in [3.05, 3.63) is 29.2 Å². The fourth-order valence-corrected chi connectivity index (χ4v) is 3.15. The van der Waals surface area contributed by atoms with Gasteiger partial charge in [0.1, 0.15) is 5.82 Å². The van der Waals surface area contributed by atoms with E-state index in [9.17, 15) is 5.11 Å². The average molecular weight is 330 g/mol. The van der Waals surface area contributed by atoms with Gasteiger partial charge in [-0.2, -0.15) is 10.1 Å². The summed E-state index contributed by atoms with van der Waals surface area (Å²) in [6, 6.07) is 1.89. The highest BCUT2D eigenvalue weighted by Crippen LogP contribution is 2.19. The van der Waals surface area contributed by atoms with Crippen LogP contribution < -0.4 is 10.2 Å². The van der Waals surface area contributed by atoms with Gasteiger partial charge in [0.25, 0.3) is 0 Å². The fraction of sp³-hybridized carbons (Fsp3) is 0.588. The number of nitrogens with zero attached hydrogens (tertiary/aromatic N) is 5. The van der Waals surface area contributed by atoms with Crippen LogP contribution in [-0.2, 0) is 13.1 Å².